The summed E-state index contributed by atoms with van der Waals surface area (Å²) in [5, 5.41) is 3.59. The average Bonchev–Trinajstić information content (AvgIpc) is 2.82. The van der Waals surface area contributed by atoms with Crippen molar-refractivity contribution in [2.45, 2.75) is 6.42 Å². The van der Waals surface area contributed by atoms with Gasteiger partial charge in [-0.3, -0.25) is 4.79 Å². The van der Waals surface area contributed by atoms with E-state index in [4.69, 9.17) is 44.3 Å². The molecule has 5 nitrogen and oxygen atoms in total. The largest absolute Gasteiger partial charge is 0.495 e. The maximum Gasteiger partial charge on any atom is 0.159 e. The van der Waals surface area contributed by atoms with E-state index >= 15 is 4.39 Å². The molecule has 3 rings (SSSR count). The van der Waals surface area contributed by atoms with Gasteiger partial charge in [0, 0.05) is 18.7 Å². The summed E-state index contributed by atoms with van der Waals surface area (Å²) in [5.41, 5.74) is 1.67. The summed E-state index contributed by atoms with van der Waals surface area (Å²) >= 11 is 18.9. The van der Waals surface area contributed by atoms with Crippen molar-refractivity contribution in [2.24, 2.45) is 0 Å². The van der Waals surface area contributed by atoms with Crippen molar-refractivity contribution in [1.29, 1.82) is 0 Å². The second-order valence-corrected chi connectivity index (χ2v) is 8.16. The molecule has 9 heteroatoms. The van der Waals surface area contributed by atoms with Gasteiger partial charge < -0.3 is 14.8 Å². The summed E-state index contributed by atoms with van der Waals surface area (Å²) in [6.07, 6.45) is 4.11. The first kappa shape index (κ1) is 25.6. The molecule has 0 unspecified atom stereocenters. The number of nitrogens with one attached hydrogen (secondary N) is 1. The van der Waals surface area contributed by atoms with Crippen LogP contribution in [-0.4, -0.2) is 25.0 Å². The Balaban J connectivity index is 1.90. The Morgan fingerprint density at radius 1 is 1.12 bits per heavy atom. The number of hydrogen-bond donors (Lipinski definition) is 1. The van der Waals surface area contributed by atoms with Crippen molar-refractivity contribution in [1.82, 2.24) is 4.98 Å². The number of rotatable bonds is 9. The second-order valence-electron chi connectivity index (χ2n) is 7.00. The Morgan fingerprint density at radius 3 is 2.35 bits per heavy atom. The normalized spacial score (nSPS) is 11.2. The molecule has 1 N–H and O–H groups in total. The van der Waals surface area contributed by atoms with Gasteiger partial charge in [0.1, 0.15) is 23.1 Å². The van der Waals surface area contributed by atoms with Gasteiger partial charge in [-0.05, 0) is 41.5 Å². The number of para-hydroxylation sites is 1. The lowest BCUT2D eigenvalue weighted by Crippen LogP contribution is -2.03. The summed E-state index contributed by atoms with van der Waals surface area (Å²) in [6, 6.07) is 10.0. The van der Waals surface area contributed by atoms with E-state index in [2.05, 4.69) is 16.9 Å². The van der Waals surface area contributed by atoms with Gasteiger partial charge in [-0.25, -0.2) is 9.37 Å². The van der Waals surface area contributed by atoms with Gasteiger partial charge in [0.25, 0.3) is 0 Å². The standard InChI is InChI=1S/C25H20Cl3FN2O3/c1-4-16(32)11-15-6-5-7-17(26)25(15)31-21-9-8-14(13-30-21)10-18(29)22-23(27)19(33-2)12-20(34-3)24(22)28/h4-10,12-13H,1,11H2,2-3H3,(H,30,31)/b18-10-. The second kappa shape index (κ2) is 11.4. The molecule has 0 amide bonds. The minimum atomic E-state index is -0.689. The molecule has 0 radical (unpaired) electrons. The molecule has 0 spiro atoms. The maximum absolute atomic E-state index is 15.2. The van der Waals surface area contributed by atoms with Gasteiger partial charge in [-0.1, -0.05) is 53.5 Å². The van der Waals surface area contributed by atoms with E-state index in [0.29, 0.717) is 27.7 Å². The van der Waals surface area contributed by atoms with E-state index in [1.165, 1.54) is 38.6 Å². The lowest BCUT2D eigenvalue weighted by Gasteiger charge is -2.14. The number of allylic oxidation sites excluding steroid dienone is 1. The number of hydrogen-bond acceptors (Lipinski definition) is 5. The highest BCUT2D eigenvalue weighted by molar-refractivity contribution is 6.39. The zero-order valence-electron chi connectivity index (χ0n) is 18.3. The van der Waals surface area contributed by atoms with Gasteiger partial charge in [0.05, 0.1) is 40.5 Å². The van der Waals surface area contributed by atoms with Gasteiger partial charge in [-0.15, -0.1) is 0 Å². The van der Waals surface area contributed by atoms with E-state index in [9.17, 15) is 4.79 Å². The fourth-order valence-corrected chi connectivity index (χ4v) is 4.05. The number of anilines is 2. The first-order valence-corrected chi connectivity index (χ1v) is 11.1. The first-order valence-electron chi connectivity index (χ1n) is 9.92. The van der Waals surface area contributed by atoms with E-state index in [-0.39, 0.29) is 39.3 Å². The summed E-state index contributed by atoms with van der Waals surface area (Å²) < 4.78 is 25.5. The number of ether oxygens (including phenoxy) is 2. The maximum atomic E-state index is 15.2. The molecule has 0 bridgehead atoms. The van der Waals surface area contributed by atoms with Crippen molar-refractivity contribution in [3.8, 4) is 11.5 Å². The third-order valence-electron chi connectivity index (χ3n) is 4.84. The third-order valence-corrected chi connectivity index (χ3v) is 5.90. The Morgan fingerprint density at radius 2 is 1.79 bits per heavy atom. The molecule has 0 saturated heterocycles. The predicted octanol–water partition coefficient (Wildman–Crippen LogP) is 7.57. The Hall–Kier alpha value is -3.06. The predicted molar refractivity (Wildman–Crippen MR) is 136 cm³/mol. The highest BCUT2D eigenvalue weighted by atomic mass is 35.5. The zero-order chi connectivity index (χ0) is 24.8. The van der Waals surface area contributed by atoms with Crippen LogP contribution in [0.15, 0.2) is 55.3 Å². The summed E-state index contributed by atoms with van der Waals surface area (Å²) in [6.45, 7) is 3.50. The van der Waals surface area contributed by atoms with Crippen LogP contribution in [0.1, 0.15) is 16.7 Å². The Bertz CT molecular complexity index is 1230. The van der Waals surface area contributed by atoms with E-state index in [1.54, 1.807) is 30.3 Å². The molecule has 2 aromatic carbocycles. The number of pyridine rings is 1. The molecule has 0 atom stereocenters. The van der Waals surface area contributed by atoms with Gasteiger partial charge in [0.15, 0.2) is 5.78 Å². The minimum absolute atomic E-state index is 0.0219. The smallest absolute Gasteiger partial charge is 0.159 e. The summed E-state index contributed by atoms with van der Waals surface area (Å²) in [4.78, 5) is 16.1. The molecule has 3 aromatic rings. The molecule has 0 aliphatic rings. The van der Waals surface area contributed by atoms with Gasteiger partial charge in [0.2, 0.25) is 0 Å². The van der Waals surface area contributed by atoms with Crippen LogP contribution in [0.4, 0.5) is 15.9 Å². The molecule has 0 aliphatic carbocycles. The van der Waals surface area contributed by atoms with Crippen LogP contribution in [0.25, 0.3) is 11.9 Å². The van der Waals surface area contributed by atoms with Crippen molar-refractivity contribution in [3.63, 3.8) is 0 Å². The SMILES string of the molecule is C=CC(=O)Cc1cccc(Cl)c1Nc1ccc(/C=C(\F)c2c(Cl)c(OC)cc(OC)c2Cl)cn1. The summed E-state index contributed by atoms with van der Waals surface area (Å²) in [5.74, 6) is 0.0816. The molecule has 0 aliphatic heterocycles. The van der Waals surface area contributed by atoms with E-state index in [1.807, 2.05) is 0 Å². The Kier molecular flexibility index (Phi) is 8.56. The number of nitrogens with zero attached hydrogens (tertiary/aromatic N) is 1. The van der Waals surface area contributed by atoms with Crippen LogP contribution in [-0.2, 0) is 11.2 Å². The number of carbonyl (C=O) groups excluding carboxylic acids is 1. The lowest BCUT2D eigenvalue weighted by atomic mass is 10.1. The first-order chi connectivity index (χ1) is 16.3. The van der Waals surface area contributed by atoms with Crippen LogP contribution < -0.4 is 14.8 Å². The highest BCUT2D eigenvalue weighted by Gasteiger charge is 2.20. The van der Waals surface area contributed by atoms with Crippen molar-refractivity contribution in [3.05, 3.63) is 87.0 Å². The molecule has 0 saturated carbocycles. The minimum Gasteiger partial charge on any atom is -0.495 e. The average molecular weight is 522 g/mol. The number of carbonyl (C=O) groups is 1. The van der Waals surface area contributed by atoms with Gasteiger partial charge in [-0.2, -0.15) is 0 Å². The lowest BCUT2D eigenvalue weighted by molar-refractivity contribution is -0.114. The number of aromatic nitrogens is 1. The van der Waals surface area contributed by atoms with Crippen molar-refractivity contribution >= 4 is 64.0 Å². The van der Waals surface area contributed by atoms with Crippen LogP contribution >= 0.6 is 34.8 Å². The topological polar surface area (TPSA) is 60.5 Å². The molecular formula is C25H20Cl3FN2O3. The van der Waals surface area contributed by atoms with Crippen molar-refractivity contribution < 1.29 is 18.7 Å². The van der Waals surface area contributed by atoms with Crippen molar-refractivity contribution in [2.75, 3.05) is 19.5 Å². The van der Waals surface area contributed by atoms with Crippen LogP contribution in [0, 0.1) is 0 Å². The molecular weight excluding hydrogens is 502 g/mol. The van der Waals surface area contributed by atoms with E-state index < -0.39 is 5.83 Å². The highest BCUT2D eigenvalue weighted by Crippen LogP contribution is 2.44. The van der Waals surface area contributed by atoms with Crippen LogP contribution in [0.3, 0.4) is 0 Å². The quantitative estimate of drug-likeness (QED) is 0.294. The fourth-order valence-electron chi connectivity index (χ4n) is 3.12. The van der Waals surface area contributed by atoms with E-state index in [0.717, 1.165) is 0 Å². The zero-order valence-corrected chi connectivity index (χ0v) is 20.6. The van der Waals surface area contributed by atoms with Crippen LogP contribution in [0.5, 0.6) is 11.5 Å². The Labute approximate surface area is 211 Å². The molecule has 34 heavy (non-hydrogen) atoms. The molecule has 176 valence electrons. The number of methoxy groups -OCH3 is 2. The molecule has 1 aromatic heterocycles. The molecule has 0 fully saturated rings. The fraction of sp³-hybridized carbons (Fsp3) is 0.120. The van der Waals surface area contributed by atoms with Gasteiger partial charge >= 0.3 is 0 Å². The summed E-state index contributed by atoms with van der Waals surface area (Å²) in [7, 11) is 2.82. The number of ketones is 1. The third kappa shape index (κ3) is 5.70. The molecule has 1 heterocycles. The van der Waals surface area contributed by atoms with Crippen LogP contribution in [0.2, 0.25) is 15.1 Å². The monoisotopic (exact) mass is 520 g/mol. The number of benzene rings is 2. The number of halogens is 4.